The van der Waals surface area contributed by atoms with E-state index in [0.29, 0.717) is 34.6 Å². The monoisotopic (exact) mass is 425 g/mol. The van der Waals surface area contributed by atoms with Crippen LogP contribution in [-0.2, 0) is 6.54 Å². The van der Waals surface area contributed by atoms with E-state index in [4.69, 9.17) is 13.9 Å². The molecular weight excluding hydrogens is 394 g/mol. The van der Waals surface area contributed by atoms with Crippen molar-refractivity contribution >= 4 is 11.0 Å². The number of benzene rings is 2. The summed E-state index contributed by atoms with van der Waals surface area (Å²) in [5.74, 6) is 1.16. The molecule has 1 heterocycles. The molecule has 0 saturated heterocycles. The Balaban J connectivity index is 1.96. The van der Waals surface area contributed by atoms with Gasteiger partial charge in [-0.2, -0.15) is 0 Å². The van der Waals surface area contributed by atoms with Crippen LogP contribution >= 0.6 is 0 Å². The molecule has 0 fully saturated rings. The van der Waals surface area contributed by atoms with Crippen LogP contribution in [0.15, 0.2) is 51.9 Å². The molecular formula is C25H31NO5. The zero-order chi connectivity index (χ0) is 22.2. The predicted molar refractivity (Wildman–Crippen MR) is 122 cm³/mol. The standard InChI is InChI=1S/C25H31NO5/c1-4-6-14-26(15-7-5-2)16-19-20(27)13-12-18-24(28)23(17-30-25(18)19)31-22-11-9-8-10-21(22)29-3/h8-13,17,27H,4-7,14-16H2,1-3H3. The number of ether oxygens (including phenoxy) is 2. The molecule has 6 heteroatoms. The van der Waals surface area contributed by atoms with Gasteiger partial charge in [0.15, 0.2) is 11.5 Å². The Morgan fingerprint density at radius 3 is 2.29 bits per heavy atom. The van der Waals surface area contributed by atoms with Crippen LogP contribution in [-0.4, -0.2) is 30.2 Å². The normalized spacial score (nSPS) is 11.2. The average Bonchev–Trinajstić information content (AvgIpc) is 2.79. The number of phenolic OH excluding ortho intramolecular Hbond substituents is 1. The van der Waals surface area contributed by atoms with Gasteiger partial charge >= 0.3 is 0 Å². The lowest BCUT2D eigenvalue weighted by Crippen LogP contribution is -2.26. The Morgan fingerprint density at radius 1 is 0.968 bits per heavy atom. The van der Waals surface area contributed by atoms with E-state index >= 15 is 0 Å². The lowest BCUT2D eigenvalue weighted by Gasteiger charge is -2.23. The first kappa shape index (κ1) is 22.7. The molecule has 0 radical (unpaired) electrons. The van der Waals surface area contributed by atoms with Crippen molar-refractivity contribution in [2.75, 3.05) is 20.2 Å². The number of hydrogen-bond acceptors (Lipinski definition) is 6. The summed E-state index contributed by atoms with van der Waals surface area (Å²) in [7, 11) is 1.54. The molecule has 0 amide bonds. The number of methoxy groups -OCH3 is 1. The molecule has 0 aliphatic rings. The molecule has 0 bridgehead atoms. The van der Waals surface area contributed by atoms with Gasteiger partial charge < -0.3 is 19.0 Å². The van der Waals surface area contributed by atoms with Crippen molar-refractivity contribution in [3.63, 3.8) is 0 Å². The third-order valence-corrected chi connectivity index (χ3v) is 5.31. The molecule has 0 atom stereocenters. The molecule has 3 aromatic rings. The fraction of sp³-hybridized carbons (Fsp3) is 0.400. The summed E-state index contributed by atoms with van der Waals surface area (Å²) in [6.07, 6.45) is 5.67. The predicted octanol–water partition coefficient (Wildman–Crippen LogP) is 5.70. The summed E-state index contributed by atoms with van der Waals surface area (Å²) in [6.45, 7) is 6.72. The number of para-hydroxylation sites is 2. The Morgan fingerprint density at radius 2 is 1.65 bits per heavy atom. The van der Waals surface area contributed by atoms with Gasteiger partial charge in [0.25, 0.3) is 0 Å². The van der Waals surface area contributed by atoms with Gasteiger partial charge in [0.2, 0.25) is 11.2 Å². The number of fused-ring (bicyclic) bond motifs is 1. The van der Waals surface area contributed by atoms with Crippen molar-refractivity contribution in [2.45, 2.75) is 46.1 Å². The molecule has 166 valence electrons. The molecule has 0 spiro atoms. The molecule has 2 aromatic carbocycles. The zero-order valence-corrected chi connectivity index (χ0v) is 18.5. The topological polar surface area (TPSA) is 72.1 Å². The van der Waals surface area contributed by atoms with E-state index in [1.807, 2.05) is 6.07 Å². The summed E-state index contributed by atoms with van der Waals surface area (Å²) in [6, 6.07) is 10.3. The summed E-state index contributed by atoms with van der Waals surface area (Å²) < 4.78 is 16.9. The van der Waals surface area contributed by atoms with Crippen molar-refractivity contribution in [3.8, 4) is 23.0 Å². The van der Waals surface area contributed by atoms with E-state index < -0.39 is 0 Å². The molecule has 1 aromatic heterocycles. The average molecular weight is 426 g/mol. The van der Waals surface area contributed by atoms with E-state index in [-0.39, 0.29) is 16.9 Å². The quantitative estimate of drug-likeness (QED) is 0.425. The van der Waals surface area contributed by atoms with Crippen LogP contribution in [0.25, 0.3) is 11.0 Å². The third kappa shape index (κ3) is 5.39. The Labute approximate surface area is 183 Å². The van der Waals surface area contributed by atoms with Gasteiger partial charge in [-0.15, -0.1) is 0 Å². The molecule has 3 rings (SSSR count). The van der Waals surface area contributed by atoms with Crippen LogP contribution in [0.1, 0.15) is 45.1 Å². The second-order valence-corrected chi connectivity index (χ2v) is 7.61. The molecule has 0 aliphatic carbocycles. The largest absolute Gasteiger partial charge is 0.507 e. The lowest BCUT2D eigenvalue weighted by atomic mass is 10.1. The zero-order valence-electron chi connectivity index (χ0n) is 18.5. The van der Waals surface area contributed by atoms with Gasteiger partial charge in [-0.1, -0.05) is 38.8 Å². The molecule has 1 N–H and O–H groups in total. The molecule has 0 unspecified atom stereocenters. The van der Waals surface area contributed by atoms with Gasteiger partial charge in [0.1, 0.15) is 17.6 Å². The first-order chi connectivity index (χ1) is 15.1. The van der Waals surface area contributed by atoms with Crippen molar-refractivity contribution in [1.82, 2.24) is 4.90 Å². The first-order valence-electron chi connectivity index (χ1n) is 10.9. The van der Waals surface area contributed by atoms with Crippen LogP contribution in [0.5, 0.6) is 23.0 Å². The Hall–Kier alpha value is -2.99. The summed E-state index contributed by atoms with van der Waals surface area (Å²) >= 11 is 0. The smallest absolute Gasteiger partial charge is 0.235 e. The van der Waals surface area contributed by atoms with Crippen molar-refractivity contribution in [1.29, 1.82) is 0 Å². The van der Waals surface area contributed by atoms with Crippen LogP contribution < -0.4 is 14.9 Å². The number of hydrogen-bond donors (Lipinski definition) is 1. The number of rotatable bonds is 11. The van der Waals surface area contributed by atoms with Crippen molar-refractivity contribution < 1.29 is 19.0 Å². The second kappa shape index (κ2) is 10.9. The first-order valence-corrected chi connectivity index (χ1v) is 10.9. The van der Waals surface area contributed by atoms with Crippen LogP contribution in [0.2, 0.25) is 0 Å². The van der Waals surface area contributed by atoms with E-state index in [9.17, 15) is 9.90 Å². The highest BCUT2D eigenvalue weighted by Gasteiger charge is 2.18. The molecule has 0 aliphatic heterocycles. The van der Waals surface area contributed by atoms with Crippen LogP contribution in [0.4, 0.5) is 0 Å². The van der Waals surface area contributed by atoms with E-state index in [2.05, 4.69) is 18.7 Å². The fourth-order valence-corrected chi connectivity index (χ4v) is 3.53. The highest BCUT2D eigenvalue weighted by Crippen LogP contribution is 2.32. The fourth-order valence-electron chi connectivity index (χ4n) is 3.53. The van der Waals surface area contributed by atoms with Gasteiger partial charge in [-0.3, -0.25) is 9.69 Å². The van der Waals surface area contributed by atoms with Gasteiger partial charge in [0.05, 0.1) is 18.1 Å². The van der Waals surface area contributed by atoms with Crippen molar-refractivity contribution in [2.24, 2.45) is 0 Å². The van der Waals surface area contributed by atoms with Gasteiger partial charge in [-0.25, -0.2) is 0 Å². The van der Waals surface area contributed by atoms with Gasteiger partial charge in [-0.05, 0) is 50.2 Å². The highest BCUT2D eigenvalue weighted by molar-refractivity contribution is 5.83. The van der Waals surface area contributed by atoms with Crippen LogP contribution in [0.3, 0.4) is 0 Å². The van der Waals surface area contributed by atoms with E-state index in [0.717, 1.165) is 38.8 Å². The summed E-state index contributed by atoms with van der Waals surface area (Å²) in [5.41, 5.74) is 0.739. The molecule has 0 saturated carbocycles. The minimum absolute atomic E-state index is 0.0717. The maximum atomic E-state index is 13.1. The van der Waals surface area contributed by atoms with Crippen LogP contribution in [0, 0.1) is 0 Å². The Kier molecular flexibility index (Phi) is 7.95. The maximum absolute atomic E-state index is 13.1. The number of unbranched alkanes of at least 4 members (excludes halogenated alkanes) is 2. The molecule has 6 nitrogen and oxygen atoms in total. The van der Waals surface area contributed by atoms with E-state index in [1.54, 1.807) is 37.4 Å². The number of aromatic hydroxyl groups is 1. The number of phenols is 1. The summed E-state index contributed by atoms with van der Waals surface area (Å²) in [4.78, 5) is 15.4. The minimum atomic E-state index is -0.290. The SMILES string of the molecule is CCCCN(CCCC)Cc1c(O)ccc2c(=O)c(Oc3ccccc3OC)coc12. The maximum Gasteiger partial charge on any atom is 0.235 e. The van der Waals surface area contributed by atoms with E-state index in [1.165, 1.54) is 6.26 Å². The highest BCUT2D eigenvalue weighted by atomic mass is 16.5. The third-order valence-electron chi connectivity index (χ3n) is 5.31. The summed E-state index contributed by atoms with van der Waals surface area (Å²) in [5, 5.41) is 10.9. The molecule has 31 heavy (non-hydrogen) atoms. The lowest BCUT2D eigenvalue weighted by molar-refractivity contribution is 0.253. The van der Waals surface area contributed by atoms with Crippen molar-refractivity contribution in [3.05, 3.63) is 58.4 Å². The minimum Gasteiger partial charge on any atom is -0.507 e. The Bertz CT molecular complexity index is 1050. The number of nitrogens with zero attached hydrogens (tertiary/aromatic N) is 1. The second-order valence-electron chi connectivity index (χ2n) is 7.61. The van der Waals surface area contributed by atoms with Gasteiger partial charge in [0, 0.05) is 6.54 Å².